The van der Waals surface area contributed by atoms with Crippen molar-refractivity contribution >= 4 is 25.9 Å². The average molecular weight is 246 g/mol. The Bertz CT molecular complexity index is 400. The molecule has 0 amide bonds. The lowest BCUT2D eigenvalue weighted by Crippen LogP contribution is -2.01. The van der Waals surface area contributed by atoms with E-state index in [0.29, 0.717) is 6.42 Å². The van der Waals surface area contributed by atoms with Gasteiger partial charge in [0.2, 0.25) is 0 Å². The third kappa shape index (κ3) is 3.56. The van der Waals surface area contributed by atoms with Gasteiger partial charge in [-0.15, -0.1) is 12.3 Å². The van der Waals surface area contributed by atoms with E-state index in [4.69, 9.17) is 6.42 Å². The Labute approximate surface area is 105 Å². The minimum absolute atomic E-state index is 0.417. The van der Waals surface area contributed by atoms with Crippen molar-refractivity contribution < 1.29 is 0 Å². The first kappa shape index (κ1) is 13.1. The fourth-order valence-electron chi connectivity index (χ4n) is 1.39. The van der Waals surface area contributed by atoms with Crippen LogP contribution in [0, 0.1) is 12.3 Å². The highest BCUT2D eigenvalue weighted by Gasteiger charge is 2.11. The first-order chi connectivity index (χ1) is 7.83. The number of hydrogen-bond donors (Lipinski definition) is 1. The van der Waals surface area contributed by atoms with Crippen LogP contribution in [-0.4, -0.2) is 5.49 Å². The molecule has 0 aliphatic rings. The van der Waals surface area contributed by atoms with Gasteiger partial charge in [-0.3, -0.25) is 0 Å². The van der Waals surface area contributed by atoms with Crippen LogP contribution in [0.2, 0.25) is 0 Å². The molecule has 0 saturated carbocycles. The van der Waals surface area contributed by atoms with Crippen molar-refractivity contribution in [3.05, 3.63) is 54.4 Å². The summed E-state index contributed by atoms with van der Waals surface area (Å²) in [5.74, 6) is 2.62. The number of terminal acetylenes is 1. The molecule has 0 heterocycles. The second kappa shape index (κ2) is 7.34. The van der Waals surface area contributed by atoms with E-state index in [-0.39, 0.29) is 0 Å². The zero-order valence-electron chi connectivity index (χ0n) is 9.13. The van der Waals surface area contributed by atoms with E-state index in [1.807, 2.05) is 12.1 Å². The smallest absolute Gasteiger partial charge is 0.0276 e. The summed E-state index contributed by atoms with van der Waals surface area (Å²) < 4.78 is 0. The highest BCUT2D eigenvalue weighted by molar-refractivity contribution is 7.92. The maximum atomic E-state index is 5.27. The largest absolute Gasteiger partial charge is 0.174 e. The highest BCUT2D eigenvalue weighted by atomic mass is 32.1. The minimum Gasteiger partial charge on any atom is -0.174 e. The molecule has 16 heavy (non-hydrogen) atoms. The first-order valence-corrected chi connectivity index (χ1v) is 7.19. The van der Waals surface area contributed by atoms with Crippen LogP contribution in [-0.2, 0) is 0 Å². The van der Waals surface area contributed by atoms with Gasteiger partial charge in [0.25, 0.3) is 0 Å². The van der Waals surface area contributed by atoms with E-state index in [1.165, 1.54) is 10.6 Å². The molecule has 0 nitrogen and oxygen atoms in total. The van der Waals surface area contributed by atoms with Crippen molar-refractivity contribution in [2.24, 2.45) is 0 Å². The number of allylic oxidation sites excluding steroid dienone is 3. The number of hydrogen-bond acceptors (Lipinski definition) is 1. The van der Waals surface area contributed by atoms with Gasteiger partial charge in [-0.1, -0.05) is 49.1 Å². The van der Waals surface area contributed by atoms with Crippen molar-refractivity contribution in [1.82, 2.24) is 0 Å². The molecule has 82 valence electrons. The summed E-state index contributed by atoms with van der Waals surface area (Å²) in [6.07, 6.45) is 9.89. The molecular weight excluding hydrogens is 231 g/mol. The molecule has 0 aliphatic carbocycles. The molecule has 0 radical (unpaired) electrons. The zero-order chi connectivity index (χ0) is 11.8. The highest BCUT2D eigenvalue weighted by Crippen LogP contribution is 2.45. The van der Waals surface area contributed by atoms with Gasteiger partial charge in [-0.05, 0) is 18.5 Å². The Kier molecular flexibility index (Phi) is 6.01. The van der Waals surface area contributed by atoms with Crippen molar-refractivity contribution in [2.45, 2.75) is 6.42 Å². The quantitative estimate of drug-likeness (QED) is 0.347. The number of thiol groups is 1. The first-order valence-electron chi connectivity index (χ1n) is 5.03. The van der Waals surface area contributed by atoms with Gasteiger partial charge in [0.05, 0.1) is 0 Å². The molecule has 1 atom stereocenters. The fourth-order valence-corrected chi connectivity index (χ4v) is 4.06. The van der Waals surface area contributed by atoms with E-state index < -0.39 is 7.92 Å². The van der Waals surface area contributed by atoms with Gasteiger partial charge in [-0.2, -0.15) is 12.6 Å². The van der Waals surface area contributed by atoms with Crippen molar-refractivity contribution in [1.29, 1.82) is 0 Å². The molecular formula is C14H15PS. The molecule has 0 spiro atoms. The monoisotopic (exact) mass is 246 g/mol. The van der Waals surface area contributed by atoms with E-state index in [1.54, 1.807) is 0 Å². The molecule has 0 saturated heterocycles. The molecule has 1 aromatic rings. The Morgan fingerprint density at radius 3 is 2.62 bits per heavy atom. The molecule has 0 aliphatic heterocycles. The summed E-state index contributed by atoms with van der Waals surface area (Å²) in [5, 5.41) is 2.53. The zero-order valence-corrected chi connectivity index (χ0v) is 10.9. The topological polar surface area (TPSA) is 0 Å². The van der Waals surface area contributed by atoms with Crippen LogP contribution in [0.5, 0.6) is 0 Å². The van der Waals surface area contributed by atoms with E-state index in [2.05, 4.69) is 55.5 Å². The Balaban J connectivity index is 2.97. The van der Waals surface area contributed by atoms with E-state index in [0.717, 1.165) is 5.49 Å². The minimum atomic E-state index is -0.417. The molecule has 0 N–H and O–H groups in total. The van der Waals surface area contributed by atoms with Crippen LogP contribution in [0.25, 0.3) is 0 Å². The third-order valence-electron chi connectivity index (χ3n) is 2.16. The summed E-state index contributed by atoms with van der Waals surface area (Å²) in [5.41, 5.74) is 0.821. The lowest BCUT2D eigenvalue weighted by atomic mass is 10.4. The van der Waals surface area contributed by atoms with Crippen LogP contribution in [0.1, 0.15) is 6.42 Å². The molecule has 1 rings (SSSR count). The average Bonchev–Trinajstić information content (AvgIpc) is 2.35. The van der Waals surface area contributed by atoms with Gasteiger partial charge >= 0.3 is 0 Å². The van der Waals surface area contributed by atoms with Crippen LogP contribution < -0.4 is 5.30 Å². The predicted molar refractivity (Wildman–Crippen MR) is 78.6 cm³/mol. The Morgan fingerprint density at radius 2 is 2.12 bits per heavy atom. The summed E-state index contributed by atoms with van der Waals surface area (Å²) in [7, 11) is -0.417. The van der Waals surface area contributed by atoms with Crippen LogP contribution >= 0.6 is 20.6 Å². The standard InChI is InChI=1S/C14H15PS/c1-3-5-9-13(4-2)15(12-16)14-10-7-6-8-11-14/h1,4,6-11,16H,2,5,12H2/b13-9+. The Morgan fingerprint density at radius 1 is 1.44 bits per heavy atom. The summed E-state index contributed by atoms with van der Waals surface area (Å²) in [6.45, 7) is 3.85. The number of rotatable bonds is 5. The van der Waals surface area contributed by atoms with Gasteiger partial charge in [-0.25, -0.2) is 0 Å². The van der Waals surface area contributed by atoms with Crippen molar-refractivity contribution in [2.75, 3.05) is 5.49 Å². The predicted octanol–water partition coefficient (Wildman–Crippen LogP) is 3.77. The molecule has 0 bridgehead atoms. The normalized spacial score (nSPS) is 12.9. The maximum absolute atomic E-state index is 5.27. The van der Waals surface area contributed by atoms with Crippen LogP contribution in [0.3, 0.4) is 0 Å². The lowest BCUT2D eigenvalue weighted by molar-refractivity contribution is 1.46. The second-order valence-corrected chi connectivity index (χ2v) is 6.17. The van der Waals surface area contributed by atoms with Crippen molar-refractivity contribution in [3.63, 3.8) is 0 Å². The van der Waals surface area contributed by atoms with Crippen molar-refractivity contribution in [3.8, 4) is 12.3 Å². The lowest BCUT2D eigenvalue weighted by Gasteiger charge is -2.16. The van der Waals surface area contributed by atoms with E-state index in [9.17, 15) is 0 Å². The van der Waals surface area contributed by atoms with E-state index >= 15 is 0 Å². The summed E-state index contributed by atoms with van der Waals surface area (Å²) >= 11 is 4.43. The molecule has 2 heteroatoms. The Hall–Kier alpha value is -0.960. The van der Waals surface area contributed by atoms with Gasteiger partial charge in [0, 0.05) is 11.9 Å². The molecule has 1 unspecified atom stereocenters. The SMILES string of the molecule is C#CC/C=C(\C=C)P(CS)c1ccccc1. The van der Waals surface area contributed by atoms with Crippen LogP contribution in [0.15, 0.2) is 54.4 Å². The molecule has 0 aromatic heterocycles. The third-order valence-corrected chi connectivity index (χ3v) is 5.20. The fraction of sp³-hybridized carbons (Fsp3) is 0.143. The maximum Gasteiger partial charge on any atom is 0.0276 e. The van der Waals surface area contributed by atoms with Gasteiger partial charge in [0.1, 0.15) is 0 Å². The molecule has 0 fully saturated rings. The summed E-state index contributed by atoms with van der Waals surface area (Å²) in [4.78, 5) is 0. The summed E-state index contributed by atoms with van der Waals surface area (Å²) in [6, 6.07) is 10.4. The molecule has 1 aromatic carbocycles. The number of benzene rings is 1. The van der Waals surface area contributed by atoms with Crippen LogP contribution in [0.4, 0.5) is 0 Å². The second-order valence-electron chi connectivity index (χ2n) is 3.15. The van der Waals surface area contributed by atoms with Gasteiger partial charge in [0.15, 0.2) is 0 Å². The van der Waals surface area contributed by atoms with Gasteiger partial charge < -0.3 is 0 Å².